The lowest BCUT2D eigenvalue weighted by Crippen LogP contribution is -2.17. The molecule has 0 N–H and O–H groups in total. The number of benzene rings is 1. The molecule has 1 nitrogen and oxygen atoms in total. The van der Waals surface area contributed by atoms with E-state index in [0.717, 1.165) is 5.56 Å². The smallest absolute Gasteiger partial charge is 0.406 e. The van der Waals surface area contributed by atoms with Crippen molar-refractivity contribution in [2.45, 2.75) is 40.0 Å². The normalized spacial score (nSPS) is 10.4. The number of alkyl halides is 3. The second kappa shape index (κ2) is 7.14. The molecule has 1 aromatic carbocycles. The topological polar surface area (TPSA) is 9.23 Å². The number of rotatable bonds is 2. The van der Waals surface area contributed by atoms with Crippen LogP contribution in [0, 0.1) is 6.92 Å². The van der Waals surface area contributed by atoms with Gasteiger partial charge in [-0.2, -0.15) is 0 Å². The van der Waals surface area contributed by atoms with E-state index in [4.69, 9.17) is 0 Å². The van der Waals surface area contributed by atoms with Gasteiger partial charge in [0.05, 0.1) is 0 Å². The van der Waals surface area contributed by atoms with Crippen LogP contribution in [0.1, 0.15) is 32.3 Å². The first-order valence-electron chi connectivity index (χ1n) is 5.21. The van der Waals surface area contributed by atoms with Crippen LogP contribution in [0.25, 0.3) is 0 Å². The van der Waals surface area contributed by atoms with Gasteiger partial charge in [-0.05, 0) is 24.6 Å². The van der Waals surface area contributed by atoms with E-state index >= 15 is 0 Å². The fourth-order valence-corrected chi connectivity index (χ4v) is 0.812. The van der Waals surface area contributed by atoms with Gasteiger partial charge in [0.25, 0.3) is 0 Å². The van der Waals surface area contributed by atoms with Crippen LogP contribution < -0.4 is 4.74 Å². The molecule has 1 aromatic rings. The number of ether oxygens (including phenoxy) is 1. The zero-order chi connectivity index (χ0) is 12.6. The fourth-order valence-electron chi connectivity index (χ4n) is 0.812. The standard InChI is InChI=1S/C8H7F3O.C4H10/c1-6-3-2-4-7(5-6)12-8(9,10)11;1-3-4-2/h2-5H,1H3;3-4H2,1-2H3. The highest BCUT2D eigenvalue weighted by atomic mass is 19.4. The minimum absolute atomic E-state index is 0.178. The van der Waals surface area contributed by atoms with Gasteiger partial charge in [0.1, 0.15) is 5.75 Å². The molecule has 16 heavy (non-hydrogen) atoms. The summed E-state index contributed by atoms with van der Waals surface area (Å²) in [7, 11) is 0. The van der Waals surface area contributed by atoms with Gasteiger partial charge in [-0.3, -0.25) is 0 Å². The van der Waals surface area contributed by atoms with E-state index in [9.17, 15) is 13.2 Å². The van der Waals surface area contributed by atoms with E-state index in [-0.39, 0.29) is 5.75 Å². The maximum absolute atomic E-state index is 11.7. The van der Waals surface area contributed by atoms with Gasteiger partial charge >= 0.3 is 6.36 Å². The summed E-state index contributed by atoms with van der Waals surface area (Å²) in [6.45, 7) is 6.06. The molecule has 92 valence electrons. The predicted molar refractivity (Wildman–Crippen MR) is 58.4 cm³/mol. The van der Waals surface area contributed by atoms with Gasteiger partial charge in [0.2, 0.25) is 0 Å². The minimum atomic E-state index is -4.60. The van der Waals surface area contributed by atoms with Crippen molar-refractivity contribution in [1.82, 2.24) is 0 Å². The number of hydrogen-bond donors (Lipinski definition) is 0. The molecule has 0 amide bonds. The molecule has 0 saturated carbocycles. The van der Waals surface area contributed by atoms with Crippen LogP contribution >= 0.6 is 0 Å². The molecule has 0 aliphatic carbocycles. The Morgan fingerprint density at radius 3 is 2.06 bits per heavy atom. The van der Waals surface area contributed by atoms with E-state index in [1.807, 2.05) is 0 Å². The SMILES string of the molecule is CCCC.Cc1cccc(OC(F)(F)F)c1. The van der Waals surface area contributed by atoms with Gasteiger partial charge in [0.15, 0.2) is 0 Å². The van der Waals surface area contributed by atoms with Gasteiger partial charge in [-0.1, -0.05) is 38.8 Å². The Morgan fingerprint density at radius 1 is 1.12 bits per heavy atom. The minimum Gasteiger partial charge on any atom is -0.406 e. The number of unbranched alkanes of at least 4 members (excludes halogenated alkanes) is 1. The largest absolute Gasteiger partial charge is 0.573 e. The second-order valence-electron chi connectivity index (χ2n) is 3.36. The molecule has 0 fully saturated rings. The van der Waals surface area contributed by atoms with Crippen LogP contribution in [0.15, 0.2) is 24.3 Å². The summed E-state index contributed by atoms with van der Waals surface area (Å²) in [4.78, 5) is 0. The quantitative estimate of drug-likeness (QED) is 0.720. The van der Waals surface area contributed by atoms with Crippen LogP contribution in [0.4, 0.5) is 13.2 Å². The van der Waals surface area contributed by atoms with Gasteiger partial charge in [0, 0.05) is 0 Å². The molecular formula is C12H17F3O. The predicted octanol–water partition coefficient (Wildman–Crippen LogP) is 4.70. The third-order valence-electron chi connectivity index (χ3n) is 1.72. The lowest BCUT2D eigenvalue weighted by atomic mass is 10.2. The van der Waals surface area contributed by atoms with E-state index in [0.29, 0.717) is 0 Å². The van der Waals surface area contributed by atoms with E-state index < -0.39 is 6.36 Å². The molecule has 1 rings (SSSR count). The Balaban J connectivity index is 0.000000487. The molecule has 0 atom stereocenters. The van der Waals surface area contributed by atoms with Crippen LogP contribution in [0.2, 0.25) is 0 Å². The molecule has 0 radical (unpaired) electrons. The van der Waals surface area contributed by atoms with E-state index in [1.165, 1.54) is 31.0 Å². The van der Waals surface area contributed by atoms with Crippen LogP contribution in [-0.4, -0.2) is 6.36 Å². The Bertz CT molecular complexity index is 293. The van der Waals surface area contributed by atoms with Crippen LogP contribution in [0.5, 0.6) is 5.75 Å². The highest BCUT2D eigenvalue weighted by Gasteiger charge is 2.30. The average Bonchev–Trinajstić information content (AvgIpc) is 2.15. The van der Waals surface area contributed by atoms with Crippen LogP contribution in [-0.2, 0) is 0 Å². The summed E-state index contributed by atoms with van der Waals surface area (Å²) >= 11 is 0. The van der Waals surface area contributed by atoms with Crippen molar-refractivity contribution in [2.24, 2.45) is 0 Å². The Kier molecular flexibility index (Phi) is 6.61. The van der Waals surface area contributed by atoms with Crippen molar-refractivity contribution in [3.05, 3.63) is 29.8 Å². The summed E-state index contributed by atoms with van der Waals surface area (Å²) in [5.74, 6) is -0.178. The molecule has 0 heterocycles. The molecule has 0 bridgehead atoms. The van der Waals surface area contributed by atoms with E-state index in [1.54, 1.807) is 13.0 Å². The van der Waals surface area contributed by atoms with Crippen molar-refractivity contribution in [1.29, 1.82) is 0 Å². The molecule has 0 aromatic heterocycles. The summed E-state index contributed by atoms with van der Waals surface area (Å²) in [6.07, 6.45) is -1.96. The fraction of sp³-hybridized carbons (Fsp3) is 0.500. The molecule has 0 saturated heterocycles. The van der Waals surface area contributed by atoms with Crippen LogP contribution in [0.3, 0.4) is 0 Å². The maximum atomic E-state index is 11.7. The number of hydrogen-bond acceptors (Lipinski definition) is 1. The highest BCUT2D eigenvalue weighted by molar-refractivity contribution is 5.27. The molecular weight excluding hydrogens is 217 g/mol. The Hall–Kier alpha value is -1.19. The molecule has 0 aliphatic rings. The molecule has 0 aliphatic heterocycles. The van der Waals surface area contributed by atoms with Crippen molar-refractivity contribution >= 4 is 0 Å². The maximum Gasteiger partial charge on any atom is 0.573 e. The Labute approximate surface area is 94.2 Å². The molecule has 4 heteroatoms. The summed E-state index contributed by atoms with van der Waals surface area (Å²) in [5.41, 5.74) is 0.733. The lowest BCUT2D eigenvalue weighted by Gasteiger charge is -2.08. The summed E-state index contributed by atoms with van der Waals surface area (Å²) < 4.78 is 38.6. The second-order valence-corrected chi connectivity index (χ2v) is 3.36. The number of halogens is 3. The third-order valence-corrected chi connectivity index (χ3v) is 1.72. The van der Waals surface area contributed by atoms with Gasteiger partial charge in [-0.15, -0.1) is 13.2 Å². The lowest BCUT2D eigenvalue weighted by molar-refractivity contribution is -0.274. The average molecular weight is 234 g/mol. The zero-order valence-corrected chi connectivity index (χ0v) is 9.77. The molecule has 0 unspecified atom stereocenters. The first kappa shape index (κ1) is 14.8. The summed E-state index contributed by atoms with van der Waals surface area (Å²) in [6, 6.07) is 5.80. The highest BCUT2D eigenvalue weighted by Crippen LogP contribution is 2.22. The Morgan fingerprint density at radius 2 is 1.69 bits per heavy atom. The summed E-state index contributed by atoms with van der Waals surface area (Å²) in [5, 5.41) is 0. The number of aryl methyl sites for hydroxylation is 1. The zero-order valence-electron chi connectivity index (χ0n) is 9.77. The first-order valence-corrected chi connectivity index (χ1v) is 5.21. The van der Waals surface area contributed by atoms with Crippen molar-refractivity contribution < 1.29 is 17.9 Å². The monoisotopic (exact) mass is 234 g/mol. The van der Waals surface area contributed by atoms with Crippen molar-refractivity contribution in [3.8, 4) is 5.75 Å². The van der Waals surface area contributed by atoms with Crippen molar-refractivity contribution in [2.75, 3.05) is 0 Å². The van der Waals surface area contributed by atoms with Crippen molar-refractivity contribution in [3.63, 3.8) is 0 Å². The first-order chi connectivity index (χ1) is 7.39. The van der Waals surface area contributed by atoms with Gasteiger partial charge < -0.3 is 4.74 Å². The van der Waals surface area contributed by atoms with E-state index in [2.05, 4.69) is 18.6 Å². The molecule has 0 spiro atoms. The van der Waals surface area contributed by atoms with Gasteiger partial charge in [-0.25, -0.2) is 0 Å². The third kappa shape index (κ3) is 8.15.